The Kier molecular flexibility index (Phi) is 22.7. The van der Waals surface area contributed by atoms with E-state index in [9.17, 15) is 16.8 Å². The molecule has 62 heavy (non-hydrogen) atoms. The molecule has 2 aliphatic carbocycles. The second-order valence-corrected chi connectivity index (χ2v) is 34.4. The molecule has 0 unspecified atom stereocenters. The Hall–Kier alpha value is -2.56. The number of anilines is 2. The number of pyridine rings is 2. The van der Waals surface area contributed by atoms with E-state index >= 15 is 0 Å². The number of halogens is 1. The molecule has 0 radical (unpaired) electrons. The van der Waals surface area contributed by atoms with Gasteiger partial charge in [-0.05, 0) is 104 Å². The van der Waals surface area contributed by atoms with Crippen molar-refractivity contribution in [1.82, 2.24) is 19.4 Å². The molecule has 6 rings (SSSR count). The Bertz CT molecular complexity index is 2100. The van der Waals surface area contributed by atoms with Crippen LogP contribution in [0.25, 0.3) is 11.3 Å². The Morgan fingerprint density at radius 2 is 1.06 bits per heavy atom. The van der Waals surface area contributed by atoms with Crippen molar-refractivity contribution in [2.24, 2.45) is 0 Å². The predicted octanol–water partition coefficient (Wildman–Crippen LogP) is 11.6. The maximum Gasteiger partial charge on any atom is 0.240 e. The van der Waals surface area contributed by atoms with Gasteiger partial charge >= 0.3 is 124 Å². The predicted molar refractivity (Wildman–Crippen MR) is 266 cm³/mol. The summed E-state index contributed by atoms with van der Waals surface area (Å²) in [7, 11) is -4.03. The van der Waals surface area contributed by atoms with E-state index in [4.69, 9.17) is 4.98 Å². The minimum atomic E-state index is -3.48. The topological polar surface area (TPSA) is 142 Å². The first-order chi connectivity index (χ1) is 29.9. The second-order valence-electron chi connectivity index (χ2n) is 16.7. The molecular formula is C48H73BrN6O4S2Sn. The van der Waals surface area contributed by atoms with Crippen molar-refractivity contribution in [2.75, 3.05) is 24.7 Å². The van der Waals surface area contributed by atoms with E-state index < -0.39 is 38.4 Å². The Morgan fingerprint density at radius 3 is 1.50 bits per heavy atom. The number of nitrogens with zero attached hydrogens (tertiary/aromatic N) is 2. The van der Waals surface area contributed by atoms with Crippen molar-refractivity contribution in [3.63, 3.8) is 0 Å². The van der Waals surface area contributed by atoms with Crippen LogP contribution >= 0.6 is 15.9 Å². The molecule has 4 N–H and O–H groups in total. The third kappa shape index (κ3) is 16.1. The van der Waals surface area contributed by atoms with Crippen LogP contribution in [0, 0.1) is 0 Å². The molecule has 342 valence electrons. The summed E-state index contributed by atoms with van der Waals surface area (Å²) >= 11 is 1.23. The summed E-state index contributed by atoms with van der Waals surface area (Å²) in [5.41, 5.74) is 3.49. The maximum atomic E-state index is 12.1. The summed E-state index contributed by atoms with van der Waals surface area (Å²) in [5, 5.41) is 7.07. The molecule has 0 saturated heterocycles. The number of nitrogens with one attached hydrogen (secondary N) is 4. The number of sulfonamides is 2. The fourth-order valence-corrected chi connectivity index (χ4v) is 26.1. The number of benzene rings is 2. The van der Waals surface area contributed by atoms with Crippen molar-refractivity contribution in [3.8, 4) is 11.3 Å². The van der Waals surface area contributed by atoms with Crippen LogP contribution < -0.4 is 23.8 Å². The first-order valence-electron chi connectivity index (χ1n) is 23.1. The van der Waals surface area contributed by atoms with Crippen LogP contribution in [0.15, 0.2) is 99.5 Å². The Balaban J connectivity index is 0.000000207. The molecule has 10 nitrogen and oxygen atoms in total. The van der Waals surface area contributed by atoms with Crippen LogP contribution in [0.1, 0.15) is 124 Å². The minimum Gasteiger partial charge on any atom is -0.382 e. The molecule has 4 aromatic rings. The van der Waals surface area contributed by atoms with E-state index in [1.807, 2.05) is 36.5 Å². The average Bonchev–Trinajstić information content (AvgIpc) is 3.31. The molecule has 0 bridgehead atoms. The third-order valence-corrected chi connectivity index (χ3v) is 30.8. The fourth-order valence-electron chi connectivity index (χ4n) is 8.48. The summed E-state index contributed by atoms with van der Waals surface area (Å²) in [6.07, 6.45) is 24.3. The number of rotatable bonds is 19. The van der Waals surface area contributed by atoms with Crippen molar-refractivity contribution < 1.29 is 16.8 Å². The second kappa shape index (κ2) is 27.0. The van der Waals surface area contributed by atoms with Gasteiger partial charge in [0.2, 0.25) is 20.0 Å². The molecule has 14 heteroatoms. The Labute approximate surface area is 387 Å². The molecule has 0 atom stereocenters. The smallest absolute Gasteiger partial charge is 0.240 e. The number of unbranched alkanes of at least 4 members (excludes halogenated alkanes) is 3. The molecule has 0 spiro atoms. The molecule has 2 saturated carbocycles. The van der Waals surface area contributed by atoms with Gasteiger partial charge in [-0.25, -0.2) is 26.3 Å². The van der Waals surface area contributed by atoms with Gasteiger partial charge in [-0.15, -0.1) is 0 Å². The number of hydrogen-bond donors (Lipinski definition) is 4. The fraction of sp³-hybridized carbons (Fsp3) is 0.542. The zero-order valence-electron chi connectivity index (χ0n) is 37.9. The van der Waals surface area contributed by atoms with Gasteiger partial charge in [-0.3, -0.25) is 4.98 Å². The zero-order chi connectivity index (χ0) is 44.9. The Morgan fingerprint density at radius 1 is 0.597 bits per heavy atom. The average molecular weight is 1060 g/mol. The van der Waals surface area contributed by atoms with E-state index in [1.54, 1.807) is 34.2 Å². The largest absolute Gasteiger partial charge is 0.382 e. The quantitative estimate of drug-likeness (QED) is 0.0680. The number of hydrogen-bond acceptors (Lipinski definition) is 8. The van der Waals surface area contributed by atoms with Gasteiger partial charge in [0.1, 0.15) is 0 Å². The molecule has 0 aliphatic heterocycles. The van der Waals surface area contributed by atoms with Gasteiger partial charge < -0.3 is 10.6 Å². The van der Waals surface area contributed by atoms with E-state index in [0.29, 0.717) is 12.1 Å². The van der Waals surface area contributed by atoms with Gasteiger partial charge in [0.05, 0.1) is 15.5 Å². The first-order valence-corrected chi connectivity index (χ1v) is 34.3. The normalized spacial score (nSPS) is 15.1. The van der Waals surface area contributed by atoms with Crippen LogP contribution in [0.3, 0.4) is 0 Å². The van der Waals surface area contributed by atoms with Crippen LogP contribution in [-0.4, -0.2) is 71.4 Å². The molecule has 2 aromatic heterocycles. The van der Waals surface area contributed by atoms with Crippen LogP contribution in [0.2, 0.25) is 13.3 Å². The standard InChI is InChI=1S/C18H23N3O2S.C13H19BrN2O2S.C5H4N.3C4H9.Sn/c1-19-24(22,23)15-10-11-18(21-14-7-3-2-4-8-14)16(13-15)17-9-5-6-12-20-17;1-15-19(17,18)11-7-8-13(12(14)9-11)16-10-5-3-2-4-6-10;1-2-4-6-5-3-1;3*1-3-4-2;/h5-6,9-14,19,21H,2-4,7-8H2,1H3;7-10,15-16H,2-6H2,1H3;1-4H;3*1,3-4H2,2H3;. The SMILES string of the molecule is CCC[CH2][Sn]([CH2]CCC)([CH2]CCC)[c]1ccccn1.CNS(=O)(=O)c1ccc(NC2CCCCC2)c(-c2ccccn2)c1.CNS(=O)(=O)c1ccc(NC2CCCCC2)c(Br)c1. The molecule has 2 heterocycles. The molecule has 2 aliphatic rings. The summed E-state index contributed by atoms with van der Waals surface area (Å²) in [6, 6.07) is 23.5. The van der Waals surface area contributed by atoms with Gasteiger partial charge in [0.15, 0.2) is 0 Å². The monoisotopic (exact) mass is 1060 g/mol. The summed E-state index contributed by atoms with van der Waals surface area (Å²) < 4.78 is 59.2. The van der Waals surface area contributed by atoms with Crippen LogP contribution in [-0.2, 0) is 20.0 Å². The van der Waals surface area contributed by atoms with Crippen LogP contribution in [0.5, 0.6) is 0 Å². The van der Waals surface area contributed by atoms with E-state index in [0.717, 1.165) is 39.9 Å². The van der Waals surface area contributed by atoms with E-state index in [1.165, 1.54) is 117 Å². The maximum absolute atomic E-state index is 12.1. The summed E-state index contributed by atoms with van der Waals surface area (Å²) in [4.78, 5) is 9.72. The molecule has 2 fully saturated rings. The molecule has 0 amide bonds. The summed E-state index contributed by atoms with van der Waals surface area (Å²) in [5.74, 6) is 0. The number of aromatic nitrogens is 2. The van der Waals surface area contributed by atoms with Crippen molar-refractivity contribution in [3.05, 3.63) is 89.7 Å². The zero-order valence-corrected chi connectivity index (χ0v) is 44.0. The molecular weight excluding hydrogens is 987 g/mol. The van der Waals surface area contributed by atoms with Crippen molar-refractivity contribution in [1.29, 1.82) is 0 Å². The third-order valence-electron chi connectivity index (χ3n) is 12.2. The first kappa shape index (κ1) is 52.1. The van der Waals surface area contributed by atoms with E-state index in [-0.39, 0.29) is 9.79 Å². The van der Waals surface area contributed by atoms with Gasteiger partial charge in [0.25, 0.3) is 0 Å². The van der Waals surface area contributed by atoms with E-state index in [2.05, 4.69) is 80.0 Å². The van der Waals surface area contributed by atoms with Gasteiger partial charge in [-0.1, -0.05) is 44.6 Å². The van der Waals surface area contributed by atoms with Crippen molar-refractivity contribution in [2.45, 2.75) is 159 Å². The molecule has 2 aromatic carbocycles. The minimum absolute atomic E-state index is 0.250. The van der Waals surface area contributed by atoms with Gasteiger partial charge in [-0.2, -0.15) is 0 Å². The van der Waals surface area contributed by atoms with Crippen molar-refractivity contribution >= 4 is 69.4 Å². The van der Waals surface area contributed by atoms with Crippen LogP contribution in [0.4, 0.5) is 11.4 Å². The van der Waals surface area contributed by atoms with Gasteiger partial charge in [0, 0.05) is 39.7 Å². The summed E-state index contributed by atoms with van der Waals surface area (Å²) in [6.45, 7) is 6.98.